The summed E-state index contributed by atoms with van der Waals surface area (Å²) < 4.78 is 6.07. The van der Waals surface area contributed by atoms with Gasteiger partial charge >= 0.3 is 0 Å². The van der Waals surface area contributed by atoms with E-state index in [-0.39, 0.29) is 18.6 Å². The smallest absolute Gasteiger partial charge is 0.240 e. The summed E-state index contributed by atoms with van der Waals surface area (Å²) in [5.41, 5.74) is 0.163. The van der Waals surface area contributed by atoms with Gasteiger partial charge in [0.15, 0.2) is 0 Å². The summed E-state index contributed by atoms with van der Waals surface area (Å²) in [5.74, 6) is 0.655. The van der Waals surface area contributed by atoms with Crippen LogP contribution in [0.5, 0.6) is 5.75 Å². The van der Waals surface area contributed by atoms with Crippen molar-refractivity contribution in [3.05, 3.63) is 24.3 Å². The van der Waals surface area contributed by atoms with Crippen molar-refractivity contribution in [2.24, 2.45) is 0 Å². The number of nitriles is 1. The van der Waals surface area contributed by atoms with Crippen LogP contribution in [0.15, 0.2) is 24.3 Å². The van der Waals surface area contributed by atoms with Gasteiger partial charge in [0, 0.05) is 0 Å². The molecule has 0 aromatic heterocycles. The number of benzene rings is 1. The van der Waals surface area contributed by atoms with Gasteiger partial charge in [-0.15, -0.1) is 0 Å². The minimum absolute atomic E-state index is 0.144. The van der Waals surface area contributed by atoms with E-state index in [1.807, 2.05) is 24.3 Å². The molecule has 2 aliphatic carbocycles. The minimum Gasteiger partial charge on any atom is -0.488 e. The van der Waals surface area contributed by atoms with Crippen molar-refractivity contribution in [3.8, 4) is 11.8 Å². The van der Waals surface area contributed by atoms with Gasteiger partial charge in [0.2, 0.25) is 5.91 Å². The van der Waals surface area contributed by atoms with E-state index in [4.69, 9.17) is 4.74 Å². The Hall–Kier alpha value is -2.22. The summed E-state index contributed by atoms with van der Waals surface area (Å²) in [6, 6.07) is 10.0. The maximum atomic E-state index is 12.2. The van der Waals surface area contributed by atoms with Crippen LogP contribution in [-0.4, -0.2) is 24.1 Å². The Kier molecular flexibility index (Phi) is 5.24. The molecule has 1 amide bonds. The standard InChI is InChI=1S/C19H25N3O2/c20-14-19(11-5-6-12-19)22-18(23)13-21-16-9-3-4-10-17(16)24-15-7-1-2-8-15/h3-4,9-10,15,21H,1-2,5-8,11-13H2,(H,22,23). The van der Waals surface area contributed by atoms with Crippen molar-refractivity contribution >= 4 is 11.6 Å². The van der Waals surface area contributed by atoms with Gasteiger partial charge in [-0.25, -0.2) is 0 Å². The lowest BCUT2D eigenvalue weighted by molar-refractivity contribution is -0.120. The molecule has 2 aliphatic rings. The van der Waals surface area contributed by atoms with Crippen molar-refractivity contribution in [3.63, 3.8) is 0 Å². The third kappa shape index (κ3) is 4.00. The Labute approximate surface area is 143 Å². The summed E-state index contributed by atoms with van der Waals surface area (Å²) in [6.45, 7) is 0.147. The first-order chi connectivity index (χ1) is 11.7. The first kappa shape index (κ1) is 16.6. The zero-order valence-electron chi connectivity index (χ0n) is 14.0. The number of carbonyl (C=O) groups excluding carboxylic acids is 1. The monoisotopic (exact) mass is 327 g/mol. The van der Waals surface area contributed by atoms with Gasteiger partial charge in [-0.1, -0.05) is 12.1 Å². The van der Waals surface area contributed by atoms with Crippen molar-refractivity contribution < 1.29 is 9.53 Å². The van der Waals surface area contributed by atoms with Crippen molar-refractivity contribution in [2.45, 2.75) is 63.0 Å². The number of hydrogen-bond acceptors (Lipinski definition) is 4. The first-order valence-corrected chi connectivity index (χ1v) is 8.93. The van der Waals surface area contributed by atoms with Crippen LogP contribution in [0.4, 0.5) is 5.69 Å². The van der Waals surface area contributed by atoms with Crippen molar-refractivity contribution in [1.29, 1.82) is 5.26 Å². The highest BCUT2D eigenvalue weighted by atomic mass is 16.5. The Morgan fingerprint density at radius 1 is 1.21 bits per heavy atom. The fraction of sp³-hybridized carbons (Fsp3) is 0.579. The van der Waals surface area contributed by atoms with Crippen LogP contribution in [0.3, 0.4) is 0 Å². The first-order valence-electron chi connectivity index (χ1n) is 8.93. The molecule has 0 spiro atoms. The van der Waals surface area contributed by atoms with Crippen LogP contribution >= 0.6 is 0 Å². The average Bonchev–Trinajstić information content (AvgIpc) is 3.26. The summed E-state index contributed by atoms with van der Waals surface area (Å²) in [6.07, 6.45) is 8.41. The van der Waals surface area contributed by atoms with Crippen LogP contribution < -0.4 is 15.4 Å². The van der Waals surface area contributed by atoms with Gasteiger partial charge in [-0.05, 0) is 63.5 Å². The molecule has 2 fully saturated rings. The molecule has 0 heterocycles. The number of para-hydroxylation sites is 2. The quantitative estimate of drug-likeness (QED) is 0.840. The summed E-state index contributed by atoms with van der Waals surface area (Å²) >= 11 is 0. The number of rotatable bonds is 6. The van der Waals surface area contributed by atoms with Gasteiger partial charge < -0.3 is 15.4 Å². The molecule has 2 N–H and O–H groups in total. The van der Waals surface area contributed by atoms with E-state index in [9.17, 15) is 10.1 Å². The van der Waals surface area contributed by atoms with Gasteiger partial charge in [0.1, 0.15) is 11.3 Å². The average molecular weight is 327 g/mol. The molecule has 0 saturated heterocycles. The number of anilines is 1. The normalized spacial score (nSPS) is 19.6. The van der Waals surface area contributed by atoms with Crippen LogP contribution in [0.2, 0.25) is 0 Å². The molecule has 128 valence electrons. The van der Waals surface area contributed by atoms with E-state index in [1.165, 1.54) is 12.8 Å². The lowest BCUT2D eigenvalue weighted by Crippen LogP contribution is -2.47. The number of hydrogen-bond donors (Lipinski definition) is 2. The number of nitrogens with zero attached hydrogens (tertiary/aromatic N) is 1. The maximum Gasteiger partial charge on any atom is 0.240 e. The molecule has 1 aromatic rings. The van der Waals surface area contributed by atoms with Crippen molar-refractivity contribution in [1.82, 2.24) is 5.32 Å². The largest absolute Gasteiger partial charge is 0.488 e. The predicted molar refractivity (Wildman–Crippen MR) is 92.8 cm³/mol. The highest BCUT2D eigenvalue weighted by Crippen LogP contribution is 2.30. The molecule has 0 unspecified atom stereocenters. The Balaban J connectivity index is 1.56. The van der Waals surface area contributed by atoms with Crippen LogP contribution in [0.25, 0.3) is 0 Å². The molecule has 1 aromatic carbocycles. The second-order valence-corrected chi connectivity index (χ2v) is 6.82. The number of carbonyl (C=O) groups is 1. The van der Waals surface area contributed by atoms with E-state index < -0.39 is 5.54 Å². The molecule has 0 aliphatic heterocycles. The Morgan fingerprint density at radius 2 is 1.92 bits per heavy atom. The van der Waals surface area contributed by atoms with E-state index in [0.717, 1.165) is 50.0 Å². The third-order valence-corrected chi connectivity index (χ3v) is 4.97. The topological polar surface area (TPSA) is 74.2 Å². The molecule has 5 heteroatoms. The van der Waals surface area contributed by atoms with E-state index in [1.54, 1.807) is 0 Å². The lowest BCUT2D eigenvalue weighted by atomic mass is 10.00. The number of nitrogens with one attached hydrogen (secondary N) is 2. The number of ether oxygens (including phenoxy) is 1. The molecular formula is C19H25N3O2. The summed E-state index contributed by atoms with van der Waals surface area (Å²) in [7, 11) is 0. The fourth-order valence-electron chi connectivity index (χ4n) is 3.63. The molecule has 2 saturated carbocycles. The molecule has 3 rings (SSSR count). The molecule has 0 radical (unpaired) electrons. The molecule has 24 heavy (non-hydrogen) atoms. The molecular weight excluding hydrogens is 302 g/mol. The molecule has 5 nitrogen and oxygen atoms in total. The Bertz CT molecular complexity index is 611. The SMILES string of the molecule is N#CC1(NC(=O)CNc2ccccc2OC2CCCC2)CCCC1. The lowest BCUT2D eigenvalue weighted by Gasteiger charge is -2.22. The third-order valence-electron chi connectivity index (χ3n) is 4.97. The van der Waals surface area contributed by atoms with Crippen LogP contribution in [0, 0.1) is 11.3 Å². The fourth-order valence-corrected chi connectivity index (χ4v) is 3.63. The second kappa shape index (κ2) is 7.57. The number of amides is 1. The van der Waals surface area contributed by atoms with Crippen LogP contribution in [0.1, 0.15) is 51.4 Å². The predicted octanol–water partition coefficient (Wildman–Crippen LogP) is 3.37. The highest BCUT2D eigenvalue weighted by molar-refractivity contribution is 5.82. The molecule has 0 atom stereocenters. The van der Waals surface area contributed by atoms with Gasteiger partial charge in [-0.2, -0.15) is 5.26 Å². The van der Waals surface area contributed by atoms with E-state index >= 15 is 0 Å². The van der Waals surface area contributed by atoms with Crippen LogP contribution in [-0.2, 0) is 4.79 Å². The van der Waals surface area contributed by atoms with E-state index in [0.29, 0.717) is 0 Å². The Morgan fingerprint density at radius 3 is 2.62 bits per heavy atom. The maximum absolute atomic E-state index is 12.2. The minimum atomic E-state index is -0.668. The second-order valence-electron chi connectivity index (χ2n) is 6.82. The van der Waals surface area contributed by atoms with E-state index in [2.05, 4.69) is 16.7 Å². The van der Waals surface area contributed by atoms with Gasteiger partial charge in [0.05, 0.1) is 24.4 Å². The highest BCUT2D eigenvalue weighted by Gasteiger charge is 2.35. The summed E-state index contributed by atoms with van der Waals surface area (Å²) in [5, 5.41) is 15.4. The zero-order valence-corrected chi connectivity index (χ0v) is 14.0. The summed E-state index contributed by atoms with van der Waals surface area (Å²) in [4.78, 5) is 12.2. The van der Waals surface area contributed by atoms with Gasteiger partial charge in [0.25, 0.3) is 0 Å². The molecule has 0 bridgehead atoms. The van der Waals surface area contributed by atoms with Gasteiger partial charge in [-0.3, -0.25) is 4.79 Å². The zero-order chi connectivity index (χ0) is 16.8. The van der Waals surface area contributed by atoms with Crippen molar-refractivity contribution in [2.75, 3.05) is 11.9 Å².